The largest absolute Gasteiger partial charge is 0.193 e. The first kappa shape index (κ1) is 15.3. The summed E-state index contributed by atoms with van der Waals surface area (Å²) in [5, 5.41) is 0. The van der Waals surface area contributed by atoms with Crippen LogP contribution in [0.25, 0.3) is 0 Å². The minimum absolute atomic E-state index is 0.123. The lowest BCUT2D eigenvalue weighted by atomic mass is 10.2. The molecule has 0 aromatic rings. The van der Waals surface area contributed by atoms with Gasteiger partial charge in [-0.1, -0.05) is 69.6 Å². The lowest BCUT2D eigenvalue weighted by Gasteiger charge is -2.26. The van der Waals surface area contributed by atoms with Crippen molar-refractivity contribution >= 4 is 92.8 Å². The first-order valence-corrected chi connectivity index (χ1v) is 5.95. The zero-order chi connectivity index (χ0) is 10.9. The Morgan fingerprint density at radius 1 is 0.538 bits per heavy atom. The highest BCUT2D eigenvalue weighted by Gasteiger charge is 2.40. The molecular weight excluding hydrogens is 344 g/mol. The van der Waals surface area contributed by atoms with Gasteiger partial charge in [0.1, 0.15) is 4.33 Å². The highest BCUT2D eigenvalue weighted by atomic mass is 35.6. The smallest absolute Gasteiger partial charge is 0.101 e. The molecule has 0 saturated heterocycles. The van der Waals surface area contributed by atoms with E-state index in [1.54, 1.807) is 0 Å². The third kappa shape index (κ3) is 10.6. The van der Waals surface area contributed by atoms with E-state index in [0.29, 0.717) is 0 Å². The van der Waals surface area contributed by atoms with Crippen LogP contribution < -0.4 is 0 Å². The quantitative estimate of drug-likeness (QED) is 0.564. The van der Waals surface area contributed by atoms with Crippen molar-refractivity contribution in [1.29, 1.82) is 0 Å². The average molecular weight is 348 g/mol. The standard InChI is InChI=1S/C5H4Cl8/c6-3(7,1-4(8,9)10)2-5(11,12)13/h1-2H2. The zero-order valence-corrected chi connectivity index (χ0v) is 12.0. The molecule has 0 atom stereocenters. The molecule has 0 N–H and O–H groups in total. The summed E-state index contributed by atoms with van der Waals surface area (Å²) in [6.45, 7) is 0. The van der Waals surface area contributed by atoms with E-state index in [0.717, 1.165) is 0 Å². The second-order valence-corrected chi connectivity index (χ2v) is 9.11. The summed E-state index contributed by atoms with van der Waals surface area (Å²) in [6, 6.07) is 0. The maximum absolute atomic E-state index is 5.76. The molecule has 0 rings (SSSR count). The minimum Gasteiger partial charge on any atom is -0.101 e. The molecule has 13 heavy (non-hydrogen) atoms. The molecule has 0 aromatic heterocycles. The van der Waals surface area contributed by atoms with E-state index in [4.69, 9.17) is 92.8 Å². The van der Waals surface area contributed by atoms with Crippen LogP contribution in [0.3, 0.4) is 0 Å². The van der Waals surface area contributed by atoms with Crippen LogP contribution in [0.2, 0.25) is 0 Å². The van der Waals surface area contributed by atoms with Gasteiger partial charge in [0.15, 0.2) is 7.59 Å². The molecule has 0 unspecified atom stereocenters. The SMILES string of the molecule is ClC(Cl)(Cl)CC(Cl)(Cl)CC(Cl)(Cl)Cl. The van der Waals surface area contributed by atoms with Gasteiger partial charge >= 0.3 is 0 Å². The highest BCUT2D eigenvalue weighted by Crippen LogP contribution is 2.47. The van der Waals surface area contributed by atoms with Crippen LogP contribution >= 0.6 is 92.8 Å². The van der Waals surface area contributed by atoms with Crippen LogP contribution in [-0.2, 0) is 0 Å². The minimum atomic E-state index is -1.57. The number of alkyl halides is 8. The van der Waals surface area contributed by atoms with Crippen molar-refractivity contribution in [3.63, 3.8) is 0 Å². The molecule has 8 heteroatoms. The van der Waals surface area contributed by atoms with Gasteiger partial charge < -0.3 is 0 Å². The van der Waals surface area contributed by atoms with E-state index in [-0.39, 0.29) is 12.8 Å². The topological polar surface area (TPSA) is 0 Å². The van der Waals surface area contributed by atoms with Gasteiger partial charge in [-0.05, 0) is 0 Å². The fraction of sp³-hybridized carbons (Fsp3) is 1.00. The van der Waals surface area contributed by atoms with Crippen LogP contribution in [0.4, 0.5) is 0 Å². The molecule has 0 aliphatic rings. The zero-order valence-electron chi connectivity index (χ0n) is 5.94. The van der Waals surface area contributed by atoms with Crippen LogP contribution in [0.15, 0.2) is 0 Å². The van der Waals surface area contributed by atoms with Gasteiger partial charge in [-0.15, -0.1) is 23.2 Å². The van der Waals surface area contributed by atoms with Gasteiger partial charge in [-0.3, -0.25) is 0 Å². The summed E-state index contributed by atoms with van der Waals surface area (Å²) in [7, 11) is 0. The van der Waals surface area contributed by atoms with E-state index in [1.165, 1.54) is 0 Å². The van der Waals surface area contributed by atoms with Crippen LogP contribution in [0.5, 0.6) is 0 Å². The van der Waals surface area contributed by atoms with E-state index in [1.807, 2.05) is 0 Å². The summed E-state index contributed by atoms with van der Waals surface area (Å²) in [6.07, 6.45) is -0.247. The molecule has 0 radical (unpaired) electrons. The molecule has 0 saturated carbocycles. The van der Waals surface area contributed by atoms with Crippen molar-refractivity contribution in [3.05, 3.63) is 0 Å². The third-order valence-electron chi connectivity index (χ3n) is 0.918. The van der Waals surface area contributed by atoms with E-state index in [2.05, 4.69) is 0 Å². The summed E-state index contributed by atoms with van der Waals surface area (Å²) < 4.78 is -4.52. The Kier molecular flexibility index (Phi) is 6.01. The van der Waals surface area contributed by atoms with Crippen molar-refractivity contribution in [2.45, 2.75) is 24.8 Å². The fourth-order valence-electron chi connectivity index (χ4n) is 0.649. The summed E-state index contributed by atoms with van der Waals surface area (Å²) in [5.74, 6) is 0. The molecule has 0 heterocycles. The van der Waals surface area contributed by atoms with Gasteiger partial charge in [0, 0.05) is 12.8 Å². The highest BCUT2D eigenvalue weighted by molar-refractivity contribution is 6.69. The number of rotatable bonds is 2. The molecule has 0 aliphatic carbocycles. The Bertz CT molecular complexity index is 144. The lowest BCUT2D eigenvalue weighted by Crippen LogP contribution is -2.26. The fourth-order valence-corrected chi connectivity index (χ4v) is 3.64. The van der Waals surface area contributed by atoms with Gasteiger partial charge in [0.25, 0.3) is 0 Å². The van der Waals surface area contributed by atoms with Crippen molar-refractivity contribution in [1.82, 2.24) is 0 Å². The molecule has 80 valence electrons. The van der Waals surface area contributed by atoms with Gasteiger partial charge in [0.05, 0.1) is 0 Å². The maximum atomic E-state index is 5.76. The van der Waals surface area contributed by atoms with Crippen molar-refractivity contribution in [3.8, 4) is 0 Å². The summed E-state index contributed by atoms with van der Waals surface area (Å²) in [4.78, 5) is 0. The van der Waals surface area contributed by atoms with Crippen LogP contribution in [0.1, 0.15) is 12.8 Å². The monoisotopic (exact) mass is 344 g/mol. The Hall–Kier alpha value is 2.32. The molecule has 0 aromatic carbocycles. The number of hydrogen-bond donors (Lipinski definition) is 0. The van der Waals surface area contributed by atoms with Gasteiger partial charge in [-0.2, -0.15) is 0 Å². The van der Waals surface area contributed by atoms with Crippen LogP contribution in [0, 0.1) is 0 Å². The van der Waals surface area contributed by atoms with Crippen molar-refractivity contribution in [2.24, 2.45) is 0 Å². The van der Waals surface area contributed by atoms with E-state index in [9.17, 15) is 0 Å². The molecule has 0 amide bonds. The predicted octanol–water partition coefficient (Wildman–Crippen LogP) is 5.68. The van der Waals surface area contributed by atoms with Crippen LogP contribution in [-0.4, -0.2) is 11.9 Å². The molecular formula is C5H4Cl8. The molecule has 0 aliphatic heterocycles. The average Bonchev–Trinajstić information content (AvgIpc) is 1.43. The number of halogens is 8. The Morgan fingerprint density at radius 3 is 0.923 bits per heavy atom. The van der Waals surface area contributed by atoms with Crippen molar-refractivity contribution < 1.29 is 0 Å². The first-order valence-electron chi connectivity index (χ1n) is 2.93. The Labute approximate surface area is 117 Å². The van der Waals surface area contributed by atoms with Gasteiger partial charge in [0.2, 0.25) is 0 Å². The molecule has 0 fully saturated rings. The van der Waals surface area contributed by atoms with E-state index >= 15 is 0 Å². The normalized spacial score (nSPS) is 14.8. The lowest BCUT2D eigenvalue weighted by molar-refractivity contribution is 0.655. The Balaban J connectivity index is 4.25. The molecule has 0 spiro atoms. The van der Waals surface area contributed by atoms with Gasteiger partial charge in [-0.25, -0.2) is 0 Å². The molecule has 0 nitrogen and oxygen atoms in total. The van der Waals surface area contributed by atoms with Crippen molar-refractivity contribution in [2.75, 3.05) is 0 Å². The number of hydrogen-bond acceptors (Lipinski definition) is 0. The second kappa shape index (κ2) is 5.10. The Morgan fingerprint density at radius 2 is 0.769 bits per heavy atom. The summed E-state index contributed by atoms with van der Waals surface area (Å²) in [5.41, 5.74) is 0. The summed E-state index contributed by atoms with van der Waals surface area (Å²) >= 11 is 44.4. The predicted molar refractivity (Wildman–Crippen MR) is 64.3 cm³/mol. The first-order chi connectivity index (χ1) is 5.41. The molecule has 0 bridgehead atoms. The third-order valence-corrected chi connectivity index (χ3v) is 2.25. The van der Waals surface area contributed by atoms with E-state index < -0.39 is 11.9 Å². The maximum Gasteiger partial charge on any atom is 0.193 e. The second-order valence-electron chi connectivity index (χ2n) is 2.44.